The molecule has 0 radical (unpaired) electrons. The molecule has 0 amide bonds. The largest absolute Gasteiger partial charge is 0.293 e. The van der Waals surface area contributed by atoms with Gasteiger partial charge in [0, 0.05) is 6.04 Å². The van der Waals surface area contributed by atoms with E-state index in [0.717, 1.165) is 6.04 Å². The number of rotatable bonds is 2. The Morgan fingerprint density at radius 3 is 2.18 bits per heavy atom. The maximum Gasteiger partial charge on any atom is 0.0103 e. The van der Waals surface area contributed by atoms with Crippen LogP contribution in [0.25, 0.3) is 0 Å². The van der Waals surface area contributed by atoms with Crippen LogP contribution in [0, 0.1) is 0 Å². The molecule has 11 heavy (non-hydrogen) atoms. The minimum absolute atomic E-state index is 0.294. The average Bonchev–Trinajstić information content (AvgIpc) is 2.60. The zero-order chi connectivity index (χ0) is 7.52. The first-order valence-electron chi connectivity index (χ1n) is 4.96. The highest BCUT2D eigenvalue weighted by Gasteiger charge is 2.20. The maximum atomic E-state index is 3.84. The van der Waals surface area contributed by atoms with Crippen molar-refractivity contribution in [1.82, 2.24) is 5.09 Å². The van der Waals surface area contributed by atoms with Gasteiger partial charge in [0.2, 0.25) is 0 Å². The summed E-state index contributed by atoms with van der Waals surface area (Å²) < 4.78 is 0. The van der Waals surface area contributed by atoms with Gasteiger partial charge in [-0.2, -0.15) is 0 Å². The second-order valence-corrected chi connectivity index (χ2v) is 6.04. The van der Waals surface area contributed by atoms with Crippen molar-refractivity contribution in [3.63, 3.8) is 0 Å². The molecule has 0 atom stereocenters. The Morgan fingerprint density at radius 2 is 1.55 bits per heavy atom. The summed E-state index contributed by atoms with van der Waals surface area (Å²) in [6, 6.07) is 0.916. The molecule has 1 heterocycles. The predicted molar refractivity (Wildman–Crippen MR) is 51.3 cm³/mol. The van der Waals surface area contributed by atoms with Crippen LogP contribution >= 0.6 is 8.07 Å². The van der Waals surface area contributed by atoms with Crippen LogP contribution in [0.5, 0.6) is 0 Å². The lowest BCUT2D eigenvalue weighted by atomic mass is 10.3. The molecule has 1 nitrogen and oxygen atoms in total. The molecule has 0 bridgehead atoms. The lowest BCUT2D eigenvalue weighted by molar-refractivity contribution is 0.650. The molecular formula is C9H18NP. The number of hydrogen-bond donors (Lipinski definition) is 1. The van der Waals surface area contributed by atoms with E-state index < -0.39 is 0 Å². The number of hydrogen-bond acceptors (Lipinski definition) is 1. The van der Waals surface area contributed by atoms with Crippen molar-refractivity contribution in [2.75, 3.05) is 12.3 Å². The zero-order valence-electron chi connectivity index (χ0n) is 7.18. The minimum Gasteiger partial charge on any atom is -0.293 e. The van der Waals surface area contributed by atoms with Gasteiger partial charge < -0.3 is 0 Å². The molecule has 2 heteroatoms. The monoisotopic (exact) mass is 171 g/mol. The van der Waals surface area contributed by atoms with E-state index in [4.69, 9.17) is 0 Å². The van der Waals surface area contributed by atoms with Gasteiger partial charge in [0.05, 0.1) is 0 Å². The molecule has 1 N–H and O–H groups in total. The second-order valence-electron chi connectivity index (χ2n) is 3.80. The Balaban J connectivity index is 1.71. The third kappa shape index (κ3) is 2.16. The first kappa shape index (κ1) is 8.01. The van der Waals surface area contributed by atoms with Crippen molar-refractivity contribution >= 4 is 8.07 Å². The first-order valence-corrected chi connectivity index (χ1v) is 6.67. The molecule has 1 saturated carbocycles. The van der Waals surface area contributed by atoms with Crippen LogP contribution in [-0.2, 0) is 0 Å². The summed E-state index contributed by atoms with van der Waals surface area (Å²) in [6.07, 6.45) is 11.9. The normalized spacial score (nSPS) is 28.4. The van der Waals surface area contributed by atoms with Crippen LogP contribution in [0.4, 0.5) is 0 Å². The molecule has 2 rings (SSSR count). The topological polar surface area (TPSA) is 12.0 Å². The summed E-state index contributed by atoms with van der Waals surface area (Å²) in [5.41, 5.74) is 0. The fourth-order valence-corrected chi connectivity index (χ4v) is 4.63. The van der Waals surface area contributed by atoms with Gasteiger partial charge in [-0.15, -0.1) is 0 Å². The molecule has 0 aromatic heterocycles. The summed E-state index contributed by atoms with van der Waals surface area (Å²) in [4.78, 5) is 0. The van der Waals surface area contributed by atoms with E-state index >= 15 is 0 Å². The van der Waals surface area contributed by atoms with Gasteiger partial charge >= 0.3 is 0 Å². The summed E-state index contributed by atoms with van der Waals surface area (Å²) >= 11 is 0. The fourth-order valence-electron chi connectivity index (χ4n) is 2.16. The molecule has 0 spiro atoms. The molecule has 1 saturated heterocycles. The van der Waals surface area contributed by atoms with Gasteiger partial charge in [-0.3, -0.25) is 5.09 Å². The standard InChI is InChI=1S/C9H18NP/c1-2-6-9(5-1)10-11-7-3-4-8-11/h9-10H,1-8H2. The van der Waals surface area contributed by atoms with E-state index in [-0.39, 0.29) is 0 Å². The second kappa shape index (κ2) is 3.87. The molecule has 1 aliphatic heterocycles. The highest BCUT2D eigenvalue weighted by molar-refractivity contribution is 7.55. The van der Waals surface area contributed by atoms with Gasteiger partial charge in [-0.1, -0.05) is 12.8 Å². The van der Waals surface area contributed by atoms with Crippen molar-refractivity contribution in [1.29, 1.82) is 0 Å². The maximum absolute atomic E-state index is 3.84. The first-order chi connectivity index (χ1) is 5.45. The summed E-state index contributed by atoms with van der Waals surface area (Å²) in [7, 11) is 0.294. The summed E-state index contributed by atoms with van der Waals surface area (Å²) in [5, 5.41) is 3.84. The van der Waals surface area contributed by atoms with Crippen molar-refractivity contribution < 1.29 is 0 Å². The fraction of sp³-hybridized carbons (Fsp3) is 1.00. The molecule has 0 unspecified atom stereocenters. The van der Waals surface area contributed by atoms with Gasteiger partial charge in [0.1, 0.15) is 0 Å². The van der Waals surface area contributed by atoms with Gasteiger partial charge in [-0.25, -0.2) is 0 Å². The van der Waals surface area contributed by atoms with E-state index in [1.165, 1.54) is 50.8 Å². The summed E-state index contributed by atoms with van der Waals surface area (Å²) in [5.74, 6) is 0. The zero-order valence-corrected chi connectivity index (χ0v) is 8.08. The lowest BCUT2D eigenvalue weighted by Crippen LogP contribution is -2.21. The SMILES string of the molecule is C1CCC(NP2CCCC2)C1. The highest BCUT2D eigenvalue weighted by atomic mass is 31.1. The van der Waals surface area contributed by atoms with Crippen LogP contribution in [0.3, 0.4) is 0 Å². The van der Waals surface area contributed by atoms with Crippen LogP contribution < -0.4 is 5.09 Å². The minimum atomic E-state index is 0.294. The van der Waals surface area contributed by atoms with E-state index in [2.05, 4.69) is 5.09 Å². The lowest BCUT2D eigenvalue weighted by Gasteiger charge is -2.17. The van der Waals surface area contributed by atoms with Crippen molar-refractivity contribution in [3.8, 4) is 0 Å². The predicted octanol–water partition coefficient (Wildman–Crippen LogP) is 2.71. The van der Waals surface area contributed by atoms with E-state index in [9.17, 15) is 0 Å². The van der Waals surface area contributed by atoms with E-state index in [1.54, 1.807) is 0 Å². The third-order valence-electron chi connectivity index (χ3n) is 2.83. The Labute approximate surface area is 70.8 Å². The summed E-state index contributed by atoms with van der Waals surface area (Å²) in [6.45, 7) is 0. The third-order valence-corrected chi connectivity index (χ3v) is 5.27. The molecule has 0 aromatic rings. The molecule has 1 aliphatic carbocycles. The van der Waals surface area contributed by atoms with Crippen molar-refractivity contribution in [2.24, 2.45) is 0 Å². The Morgan fingerprint density at radius 1 is 0.909 bits per heavy atom. The van der Waals surface area contributed by atoms with Crippen molar-refractivity contribution in [2.45, 2.75) is 44.6 Å². The molecule has 0 aromatic carbocycles. The van der Waals surface area contributed by atoms with E-state index in [1.807, 2.05) is 0 Å². The Kier molecular flexibility index (Phi) is 2.82. The molecular weight excluding hydrogens is 153 g/mol. The van der Waals surface area contributed by atoms with Crippen LogP contribution in [0.15, 0.2) is 0 Å². The average molecular weight is 171 g/mol. The quantitative estimate of drug-likeness (QED) is 0.630. The molecule has 2 fully saturated rings. The van der Waals surface area contributed by atoms with Gasteiger partial charge in [-0.05, 0) is 46.1 Å². The highest BCUT2D eigenvalue weighted by Crippen LogP contribution is 2.41. The van der Waals surface area contributed by atoms with Crippen LogP contribution in [0.1, 0.15) is 38.5 Å². The molecule has 64 valence electrons. The number of nitrogens with one attached hydrogen (secondary N) is 1. The van der Waals surface area contributed by atoms with Crippen molar-refractivity contribution in [3.05, 3.63) is 0 Å². The Hall–Kier alpha value is 0.390. The van der Waals surface area contributed by atoms with E-state index in [0.29, 0.717) is 8.07 Å². The van der Waals surface area contributed by atoms with Gasteiger partial charge in [0.25, 0.3) is 0 Å². The molecule has 2 aliphatic rings. The van der Waals surface area contributed by atoms with Crippen LogP contribution in [-0.4, -0.2) is 18.4 Å². The van der Waals surface area contributed by atoms with Gasteiger partial charge in [0.15, 0.2) is 0 Å². The Bertz CT molecular complexity index is 101. The van der Waals surface area contributed by atoms with Crippen LogP contribution in [0.2, 0.25) is 0 Å². The smallest absolute Gasteiger partial charge is 0.0103 e.